The first-order valence-corrected chi connectivity index (χ1v) is 6.22. The van der Waals surface area contributed by atoms with E-state index in [2.05, 4.69) is 5.32 Å². The highest BCUT2D eigenvalue weighted by Crippen LogP contribution is 2.14. The average molecular weight is 220 g/mol. The molecule has 0 aromatic rings. The van der Waals surface area contributed by atoms with Gasteiger partial charge in [-0.2, -0.15) is 0 Å². The van der Waals surface area contributed by atoms with E-state index < -0.39 is 16.3 Å². The van der Waals surface area contributed by atoms with E-state index in [0.717, 1.165) is 0 Å². The van der Waals surface area contributed by atoms with Gasteiger partial charge < -0.3 is 15.8 Å². The summed E-state index contributed by atoms with van der Waals surface area (Å²) < 4.78 is 15.8. The van der Waals surface area contributed by atoms with Crippen LogP contribution in [0.1, 0.15) is 6.42 Å². The fourth-order valence-electron chi connectivity index (χ4n) is 1.24. The molecule has 1 saturated heterocycles. The van der Waals surface area contributed by atoms with Crippen LogP contribution < -0.4 is 11.1 Å². The normalized spacial score (nSPS) is 28.7. The molecule has 0 aliphatic carbocycles. The predicted molar refractivity (Wildman–Crippen MR) is 54.3 cm³/mol. The number of carbonyl (C=O) groups is 1. The van der Waals surface area contributed by atoms with Crippen LogP contribution >= 0.6 is 0 Å². The molecular formula is C8H16N2O3S. The number of carbonyl (C=O) groups excluding carboxylic acids is 1. The largest absolute Gasteiger partial charge is 0.379 e. The second-order valence-corrected chi connectivity index (χ2v) is 5.05. The van der Waals surface area contributed by atoms with Crippen LogP contribution in [-0.4, -0.2) is 47.4 Å². The van der Waals surface area contributed by atoms with Crippen molar-refractivity contribution in [3.8, 4) is 0 Å². The highest BCUT2D eigenvalue weighted by atomic mass is 32.2. The van der Waals surface area contributed by atoms with Gasteiger partial charge in [-0.3, -0.25) is 9.00 Å². The summed E-state index contributed by atoms with van der Waals surface area (Å²) in [6, 6.07) is 0. The molecule has 14 heavy (non-hydrogen) atoms. The highest BCUT2D eigenvalue weighted by Gasteiger charge is 2.37. The molecule has 82 valence electrons. The minimum absolute atomic E-state index is 0.208. The fraction of sp³-hybridized carbons (Fsp3) is 0.875. The minimum atomic E-state index is -0.884. The van der Waals surface area contributed by atoms with Gasteiger partial charge in [0.25, 0.3) is 0 Å². The van der Waals surface area contributed by atoms with Gasteiger partial charge in [0, 0.05) is 36.0 Å². The maximum atomic E-state index is 11.5. The molecule has 0 aromatic heterocycles. The zero-order valence-corrected chi connectivity index (χ0v) is 9.06. The van der Waals surface area contributed by atoms with Crippen molar-refractivity contribution in [1.82, 2.24) is 5.32 Å². The number of hydrogen-bond acceptors (Lipinski definition) is 4. The monoisotopic (exact) mass is 220 g/mol. The Hall–Kier alpha value is -0.460. The lowest BCUT2D eigenvalue weighted by atomic mass is 9.99. The molecule has 1 aliphatic rings. The van der Waals surface area contributed by atoms with Crippen LogP contribution in [0.4, 0.5) is 0 Å². The van der Waals surface area contributed by atoms with E-state index in [4.69, 9.17) is 10.5 Å². The summed E-state index contributed by atoms with van der Waals surface area (Å²) in [5.74, 6) is 0.253. The molecule has 0 saturated carbocycles. The van der Waals surface area contributed by atoms with Crippen molar-refractivity contribution >= 4 is 16.7 Å². The number of hydrogen-bond donors (Lipinski definition) is 2. The molecule has 3 N–H and O–H groups in total. The van der Waals surface area contributed by atoms with E-state index in [1.807, 2.05) is 0 Å². The van der Waals surface area contributed by atoms with Crippen LogP contribution in [0.25, 0.3) is 0 Å². The van der Waals surface area contributed by atoms with Crippen molar-refractivity contribution in [3.63, 3.8) is 0 Å². The highest BCUT2D eigenvalue weighted by molar-refractivity contribution is 7.84. The van der Waals surface area contributed by atoms with Crippen LogP contribution in [0, 0.1) is 0 Å². The summed E-state index contributed by atoms with van der Waals surface area (Å²) in [4.78, 5) is 11.5. The Kier molecular flexibility index (Phi) is 4.03. The third-order valence-corrected chi connectivity index (χ3v) is 2.96. The third kappa shape index (κ3) is 3.04. The molecular weight excluding hydrogens is 204 g/mol. The second kappa shape index (κ2) is 4.86. The second-order valence-electron chi connectivity index (χ2n) is 3.49. The van der Waals surface area contributed by atoms with E-state index in [1.54, 1.807) is 6.26 Å². The number of nitrogens with one attached hydrogen (secondary N) is 1. The SMILES string of the molecule is CS(=O)CCNC(=O)C1(N)CCOC1. The summed E-state index contributed by atoms with van der Waals surface area (Å²) >= 11 is 0. The summed E-state index contributed by atoms with van der Waals surface area (Å²) in [5, 5.41) is 2.66. The van der Waals surface area contributed by atoms with E-state index >= 15 is 0 Å². The smallest absolute Gasteiger partial charge is 0.242 e. The predicted octanol–water partition coefficient (Wildman–Crippen LogP) is -1.40. The molecule has 6 heteroatoms. The Bertz CT molecular complexity index is 239. The molecule has 2 unspecified atom stereocenters. The summed E-state index contributed by atoms with van der Waals surface area (Å²) in [7, 11) is -0.884. The van der Waals surface area contributed by atoms with Crippen molar-refractivity contribution < 1.29 is 13.7 Å². The standard InChI is InChI=1S/C8H16N2O3S/c1-14(12)5-3-10-7(11)8(9)2-4-13-6-8/h2-6,9H2,1H3,(H,10,11). The average Bonchev–Trinajstić information content (AvgIpc) is 2.52. The van der Waals surface area contributed by atoms with Crippen LogP contribution in [0.3, 0.4) is 0 Å². The van der Waals surface area contributed by atoms with Crippen molar-refractivity contribution in [3.05, 3.63) is 0 Å². The van der Waals surface area contributed by atoms with Crippen LogP contribution in [0.5, 0.6) is 0 Å². The Balaban J connectivity index is 2.30. The van der Waals surface area contributed by atoms with E-state index in [1.165, 1.54) is 0 Å². The van der Waals surface area contributed by atoms with Crippen molar-refractivity contribution in [1.29, 1.82) is 0 Å². The van der Waals surface area contributed by atoms with Gasteiger partial charge in [0.2, 0.25) is 5.91 Å². The minimum Gasteiger partial charge on any atom is -0.379 e. The number of rotatable bonds is 4. The maximum Gasteiger partial charge on any atom is 0.242 e. The van der Waals surface area contributed by atoms with E-state index in [9.17, 15) is 9.00 Å². The topological polar surface area (TPSA) is 81.4 Å². The Morgan fingerprint density at radius 2 is 2.43 bits per heavy atom. The molecule has 0 bridgehead atoms. The molecule has 0 aromatic carbocycles. The van der Waals surface area contributed by atoms with Gasteiger partial charge >= 0.3 is 0 Å². The van der Waals surface area contributed by atoms with Crippen molar-refractivity contribution in [2.75, 3.05) is 31.8 Å². The van der Waals surface area contributed by atoms with Gasteiger partial charge in [0.15, 0.2) is 0 Å². The van der Waals surface area contributed by atoms with Crippen molar-refractivity contribution in [2.24, 2.45) is 5.73 Å². The number of amides is 1. The van der Waals surface area contributed by atoms with Crippen LogP contribution in [0.2, 0.25) is 0 Å². The van der Waals surface area contributed by atoms with Crippen LogP contribution in [0.15, 0.2) is 0 Å². The zero-order valence-electron chi connectivity index (χ0n) is 8.25. The molecule has 1 aliphatic heterocycles. The summed E-state index contributed by atoms with van der Waals surface area (Å²) in [5.41, 5.74) is 4.93. The lowest BCUT2D eigenvalue weighted by Gasteiger charge is -2.20. The molecule has 5 nitrogen and oxygen atoms in total. The molecule has 0 spiro atoms. The Morgan fingerprint density at radius 1 is 1.71 bits per heavy atom. The maximum absolute atomic E-state index is 11.5. The molecule has 1 heterocycles. The lowest BCUT2D eigenvalue weighted by Crippen LogP contribution is -2.55. The molecule has 2 atom stereocenters. The third-order valence-electron chi connectivity index (χ3n) is 2.18. The van der Waals surface area contributed by atoms with Gasteiger partial charge in [-0.05, 0) is 6.42 Å². The van der Waals surface area contributed by atoms with Gasteiger partial charge in [0.05, 0.1) is 6.61 Å². The first kappa shape index (κ1) is 11.6. The Labute approximate surface area is 85.8 Å². The molecule has 1 rings (SSSR count). The fourth-order valence-corrected chi connectivity index (χ4v) is 1.63. The Morgan fingerprint density at radius 3 is 2.93 bits per heavy atom. The zero-order chi connectivity index (χ0) is 10.6. The number of nitrogens with two attached hydrogens (primary N) is 1. The summed E-state index contributed by atoms with van der Waals surface area (Å²) in [6.45, 7) is 1.21. The van der Waals surface area contributed by atoms with Crippen LogP contribution in [-0.2, 0) is 20.3 Å². The van der Waals surface area contributed by atoms with Crippen molar-refractivity contribution in [2.45, 2.75) is 12.0 Å². The van der Waals surface area contributed by atoms with Gasteiger partial charge in [-0.1, -0.05) is 0 Å². The van der Waals surface area contributed by atoms with E-state index in [0.29, 0.717) is 25.3 Å². The van der Waals surface area contributed by atoms with E-state index in [-0.39, 0.29) is 12.5 Å². The quantitative estimate of drug-likeness (QED) is 0.610. The summed E-state index contributed by atoms with van der Waals surface area (Å²) in [6.07, 6.45) is 2.15. The van der Waals surface area contributed by atoms with Gasteiger partial charge in [0.1, 0.15) is 5.54 Å². The van der Waals surface area contributed by atoms with Gasteiger partial charge in [-0.25, -0.2) is 0 Å². The molecule has 1 fully saturated rings. The molecule has 0 radical (unpaired) electrons. The first-order valence-electron chi connectivity index (χ1n) is 4.49. The first-order chi connectivity index (χ1) is 6.54. The van der Waals surface area contributed by atoms with Gasteiger partial charge in [-0.15, -0.1) is 0 Å². The molecule has 1 amide bonds. The number of ether oxygens (including phenoxy) is 1. The lowest BCUT2D eigenvalue weighted by molar-refractivity contribution is -0.126.